The van der Waals surface area contributed by atoms with Crippen LogP contribution in [0.5, 0.6) is 0 Å². The summed E-state index contributed by atoms with van der Waals surface area (Å²) >= 11 is 5.34. The van der Waals surface area contributed by atoms with Crippen molar-refractivity contribution in [2.75, 3.05) is 4.90 Å². The summed E-state index contributed by atoms with van der Waals surface area (Å²) in [5.74, 6) is 0. The minimum atomic E-state index is 0.0736. The molecular weight excluding hydrogens is 288 g/mol. The maximum absolute atomic E-state index is 6.06. The highest BCUT2D eigenvalue weighted by Crippen LogP contribution is 2.32. The molecule has 0 aliphatic heterocycles. The van der Waals surface area contributed by atoms with Gasteiger partial charge in [-0.05, 0) is 36.2 Å². The van der Waals surface area contributed by atoms with E-state index in [1.165, 1.54) is 10.9 Å². The van der Waals surface area contributed by atoms with Crippen LogP contribution in [0, 0.1) is 0 Å². The Bertz CT molecular complexity index is 793. The lowest BCUT2D eigenvalue weighted by molar-refractivity contribution is 0.796. The van der Waals surface area contributed by atoms with E-state index < -0.39 is 0 Å². The number of rotatable bonds is 3. The van der Waals surface area contributed by atoms with Crippen molar-refractivity contribution in [2.45, 2.75) is 13.0 Å². The van der Waals surface area contributed by atoms with Crippen molar-refractivity contribution >= 4 is 33.8 Å². The fourth-order valence-electron chi connectivity index (χ4n) is 2.82. The van der Waals surface area contributed by atoms with E-state index in [9.17, 15) is 0 Å². The fraction of sp³-hybridized carbons (Fsp3) is 0.105. The SMILES string of the molecule is C[C@@H](c1ccccc1)N(C(N)=S)c1cccc2ccccc12. The van der Waals surface area contributed by atoms with Crippen molar-refractivity contribution in [3.63, 3.8) is 0 Å². The van der Waals surface area contributed by atoms with Gasteiger partial charge < -0.3 is 10.6 Å². The number of fused-ring (bicyclic) bond motifs is 1. The van der Waals surface area contributed by atoms with Gasteiger partial charge in [0, 0.05) is 5.39 Å². The van der Waals surface area contributed by atoms with Crippen LogP contribution in [0.3, 0.4) is 0 Å². The minimum absolute atomic E-state index is 0.0736. The summed E-state index contributed by atoms with van der Waals surface area (Å²) in [6, 6.07) is 24.8. The van der Waals surface area contributed by atoms with Crippen LogP contribution < -0.4 is 10.6 Å². The second-order valence-corrected chi connectivity index (χ2v) is 5.71. The Morgan fingerprint density at radius 1 is 0.909 bits per heavy atom. The maximum Gasteiger partial charge on any atom is 0.171 e. The molecule has 0 fully saturated rings. The van der Waals surface area contributed by atoms with Crippen molar-refractivity contribution in [3.05, 3.63) is 78.4 Å². The first-order valence-electron chi connectivity index (χ1n) is 7.30. The molecule has 0 heterocycles. The largest absolute Gasteiger partial charge is 0.376 e. The number of nitrogens with two attached hydrogens (primary N) is 1. The standard InChI is InChI=1S/C19H18N2S/c1-14(15-8-3-2-4-9-15)21(19(20)22)18-13-7-11-16-10-5-6-12-17(16)18/h2-14H,1H3,(H2,20,22)/t14-/m0/s1. The number of benzene rings is 3. The summed E-state index contributed by atoms with van der Waals surface area (Å²) < 4.78 is 0. The smallest absolute Gasteiger partial charge is 0.171 e. The first-order chi connectivity index (χ1) is 10.7. The molecule has 0 aliphatic carbocycles. The Morgan fingerprint density at radius 2 is 1.55 bits per heavy atom. The molecule has 3 aromatic rings. The highest BCUT2D eigenvalue weighted by Gasteiger charge is 2.20. The molecule has 2 nitrogen and oxygen atoms in total. The van der Waals surface area contributed by atoms with E-state index >= 15 is 0 Å². The lowest BCUT2D eigenvalue weighted by atomic mass is 10.0. The zero-order valence-electron chi connectivity index (χ0n) is 12.4. The van der Waals surface area contributed by atoms with Crippen molar-refractivity contribution in [1.29, 1.82) is 0 Å². The normalized spacial score (nSPS) is 12.0. The summed E-state index contributed by atoms with van der Waals surface area (Å²) in [5, 5.41) is 2.72. The van der Waals surface area contributed by atoms with Crippen LogP contribution in [0.25, 0.3) is 10.8 Å². The fourth-order valence-corrected chi connectivity index (χ4v) is 3.07. The van der Waals surface area contributed by atoms with Gasteiger partial charge in [-0.25, -0.2) is 0 Å². The van der Waals surface area contributed by atoms with Crippen molar-refractivity contribution < 1.29 is 0 Å². The van der Waals surface area contributed by atoms with Crippen LogP contribution >= 0.6 is 12.2 Å². The Labute approximate surface area is 136 Å². The first kappa shape index (κ1) is 14.5. The number of hydrogen-bond donors (Lipinski definition) is 1. The van der Waals surface area contributed by atoms with Gasteiger partial charge in [0.25, 0.3) is 0 Å². The first-order valence-corrected chi connectivity index (χ1v) is 7.70. The van der Waals surface area contributed by atoms with Gasteiger partial charge in [-0.3, -0.25) is 0 Å². The molecular formula is C19H18N2S. The molecule has 110 valence electrons. The summed E-state index contributed by atoms with van der Waals surface area (Å²) in [7, 11) is 0. The quantitative estimate of drug-likeness (QED) is 0.714. The molecule has 0 aliphatic rings. The van der Waals surface area contributed by atoms with E-state index in [0.717, 1.165) is 11.1 Å². The number of thiocarbonyl (C=S) groups is 1. The van der Waals surface area contributed by atoms with Crippen LogP contribution in [0.4, 0.5) is 5.69 Å². The molecule has 0 saturated carbocycles. The predicted octanol–water partition coefficient (Wildman–Crippen LogP) is 4.65. The molecule has 0 aromatic heterocycles. The molecule has 0 saturated heterocycles. The molecule has 0 radical (unpaired) electrons. The van der Waals surface area contributed by atoms with E-state index in [1.807, 2.05) is 41.3 Å². The third-order valence-electron chi connectivity index (χ3n) is 3.93. The Balaban J connectivity index is 2.13. The zero-order chi connectivity index (χ0) is 15.5. The number of nitrogens with zero attached hydrogens (tertiary/aromatic N) is 1. The van der Waals surface area contributed by atoms with Gasteiger partial charge in [-0.1, -0.05) is 66.7 Å². The molecule has 0 bridgehead atoms. The van der Waals surface area contributed by atoms with Gasteiger partial charge in [0.15, 0.2) is 5.11 Å². The van der Waals surface area contributed by atoms with E-state index in [0.29, 0.717) is 5.11 Å². The Hall–Kier alpha value is -2.39. The third-order valence-corrected chi connectivity index (χ3v) is 4.13. The molecule has 0 unspecified atom stereocenters. The van der Waals surface area contributed by atoms with E-state index in [2.05, 4.69) is 43.3 Å². The Morgan fingerprint density at radius 3 is 2.27 bits per heavy atom. The summed E-state index contributed by atoms with van der Waals surface area (Å²) in [6.07, 6.45) is 0. The molecule has 3 aromatic carbocycles. The van der Waals surface area contributed by atoms with E-state index in [4.69, 9.17) is 18.0 Å². The zero-order valence-corrected chi connectivity index (χ0v) is 13.3. The van der Waals surface area contributed by atoms with E-state index in [-0.39, 0.29) is 6.04 Å². The predicted molar refractivity (Wildman–Crippen MR) is 98.1 cm³/mol. The number of hydrogen-bond acceptors (Lipinski definition) is 1. The van der Waals surface area contributed by atoms with Crippen molar-refractivity contribution in [3.8, 4) is 0 Å². The average molecular weight is 306 g/mol. The topological polar surface area (TPSA) is 29.3 Å². The lowest BCUT2D eigenvalue weighted by Gasteiger charge is -2.31. The molecule has 0 spiro atoms. The highest BCUT2D eigenvalue weighted by atomic mass is 32.1. The maximum atomic E-state index is 6.06. The minimum Gasteiger partial charge on any atom is -0.376 e. The number of anilines is 1. The van der Waals surface area contributed by atoms with Gasteiger partial charge in [0.05, 0.1) is 11.7 Å². The molecule has 22 heavy (non-hydrogen) atoms. The van der Waals surface area contributed by atoms with Gasteiger partial charge in [-0.2, -0.15) is 0 Å². The second kappa shape index (κ2) is 6.16. The molecule has 2 N–H and O–H groups in total. The summed E-state index contributed by atoms with van der Waals surface area (Å²) in [5.41, 5.74) is 8.28. The third kappa shape index (κ3) is 2.68. The van der Waals surface area contributed by atoms with Crippen LogP contribution in [-0.2, 0) is 0 Å². The van der Waals surface area contributed by atoms with Crippen LogP contribution in [0.15, 0.2) is 72.8 Å². The molecule has 3 rings (SSSR count). The average Bonchev–Trinajstić information content (AvgIpc) is 2.56. The van der Waals surface area contributed by atoms with Crippen LogP contribution in [0.2, 0.25) is 0 Å². The van der Waals surface area contributed by atoms with Gasteiger partial charge >= 0.3 is 0 Å². The van der Waals surface area contributed by atoms with Crippen molar-refractivity contribution in [2.24, 2.45) is 5.73 Å². The van der Waals surface area contributed by atoms with E-state index in [1.54, 1.807) is 0 Å². The van der Waals surface area contributed by atoms with Gasteiger partial charge in [0.1, 0.15) is 0 Å². The Kier molecular flexibility index (Phi) is 4.07. The lowest BCUT2D eigenvalue weighted by Crippen LogP contribution is -2.37. The van der Waals surface area contributed by atoms with Crippen LogP contribution in [0.1, 0.15) is 18.5 Å². The second-order valence-electron chi connectivity index (χ2n) is 5.29. The summed E-state index contributed by atoms with van der Waals surface area (Å²) in [4.78, 5) is 2.02. The summed E-state index contributed by atoms with van der Waals surface area (Å²) in [6.45, 7) is 2.12. The molecule has 1 atom stereocenters. The van der Waals surface area contributed by atoms with Crippen LogP contribution in [-0.4, -0.2) is 5.11 Å². The van der Waals surface area contributed by atoms with Gasteiger partial charge in [0.2, 0.25) is 0 Å². The van der Waals surface area contributed by atoms with Gasteiger partial charge in [-0.15, -0.1) is 0 Å². The molecule has 0 amide bonds. The molecule has 3 heteroatoms. The monoisotopic (exact) mass is 306 g/mol. The van der Waals surface area contributed by atoms with Crippen molar-refractivity contribution in [1.82, 2.24) is 0 Å². The highest BCUT2D eigenvalue weighted by molar-refractivity contribution is 7.80.